The summed E-state index contributed by atoms with van der Waals surface area (Å²) in [5.41, 5.74) is 2.58. The number of halogens is 1. The van der Waals surface area contributed by atoms with Crippen LogP contribution in [-0.4, -0.2) is 58.9 Å². The fraction of sp³-hybridized carbons (Fsp3) is 0.259. The highest BCUT2D eigenvalue weighted by Gasteiger charge is 2.55. The molecule has 11 nitrogen and oxygen atoms in total. The number of aromatic nitrogens is 7. The SMILES string of the molecule is Nn1nnnc1Cn1c(=O)c(-c2ccccc2Cl)cc2cnc(NC3C4CN(Cc5ccccc5)CC43)nc21. The number of nitrogens with one attached hydrogen (secondary N) is 1. The van der Waals surface area contributed by atoms with Gasteiger partial charge < -0.3 is 11.2 Å². The number of rotatable bonds is 7. The van der Waals surface area contributed by atoms with E-state index < -0.39 is 0 Å². The molecule has 2 fully saturated rings. The molecular weight excluding hydrogens is 516 g/mol. The average molecular weight is 541 g/mol. The molecule has 0 bridgehead atoms. The molecule has 1 aliphatic carbocycles. The predicted molar refractivity (Wildman–Crippen MR) is 147 cm³/mol. The summed E-state index contributed by atoms with van der Waals surface area (Å²) in [6.45, 7) is 3.08. The van der Waals surface area contributed by atoms with Crippen molar-refractivity contribution in [3.05, 3.63) is 93.6 Å². The third-order valence-electron chi connectivity index (χ3n) is 7.67. The molecule has 1 saturated heterocycles. The van der Waals surface area contributed by atoms with Gasteiger partial charge in [-0.3, -0.25) is 14.3 Å². The Morgan fingerprint density at radius 1 is 1.00 bits per heavy atom. The molecule has 3 N–H and O–H groups in total. The number of hydrogen-bond acceptors (Lipinski definition) is 9. The topological polar surface area (TPSA) is 133 Å². The fourth-order valence-corrected chi connectivity index (χ4v) is 5.89. The molecule has 1 aliphatic heterocycles. The van der Waals surface area contributed by atoms with Crippen LogP contribution in [0.2, 0.25) is 5.02 Å². The Morgan fingerprint density at radius 2 is 1.77 bits per heavy atom. The molecule has 4 heterocycles. The molecular formula is C27H25ClN10O. The summed E-state index contributed by atoms with van der Waals surface area (Å²) in [6.07, 6.45) is 1.73. The van der Waals surface area contributed by atoms with Crippen LogP contribution in [0.4, 0.5) is 5.95 Å². The first-order valence-corrected chi connectivity index (χ1v) is 13.1. The standard InChI is InChI=1S/C27H25ClN10O/c28-22-9-5-4-8-18(22)19-10-17-11-30-27(32-25(17)37(26(19)39)15-23-33-34-35-38(23)29)31-24-20-13-36(14-21(20)24)12-16-6-2-1-3-7-16/h1-11,20-21,24H,12-15,29H2,(H,30,31,32). The Morgan fingerprint density at radius 3 is 2.51 bits per heavy atom. The maximum Gasteiger partial charge on any atom is 0.260 e. The maximum absolute atomic E-state index is 13.8. The molecule has 196 valence electrons. The van der Waals surface area contributed by atoms with Crippen molar-refractivity contribution in [3.63, 3.8) is 0 Å². The van der Waals surface area contributed by atoms with Gasteiger partial charge in [0.05, 0.1) is 6.54 Å². The summed E-state index contributed by atoms with van der Waals surface area (Å²) in [6, 6.07) is 19.9. The molecule has 0 radical (unpaired) electrons. The van der Waals surface area contributed by atoms with E-state index in [0.717, 1.165) is 24.4 Å². The van der Waals surface area contributed by atoms with E-state index >= 15 is 0 Å². The third kappa shape index (κ3) is 4.39. The van der Waals surface area contributed by atoms with E-state index in [9.17, 15) is 4.79 Å². The van der Waals surface area contributed by atoms with Crippen molar-refractivity contribution in [1.82, 2.24) is 39.8 Å². The van der Waals surface area contributed by atoms with Crippen molar-refractivity contribution >= 4 is 28.6 Å². The number of piperidine rings is 1. The van der Waals surface area contributed by atoms with E-state index in [4.69, 9.17) is 22.4 Å². The smallest absolute Gasteiger partial charge is 0.260 e. The third-order valence-corrected chi connectivity index (χ3v) is 8.00. The quantitative estimate of drug-likeness (QED) is 0.298. The Hall–Kier alpha value is -4.35. The second kappa shape index (κ2) is 9.44. The first-order chi connectivity index (χ1) is 19.0. The van der Waals surface area contributed by atoms with Gasteiger partial charge in [0.1, 0.15) is 5.65 Å². The molecule has 1 saturated carbocycles. The second-order valence-electron chi connectivity index (χ2n) is 10.1. The number of pyridine rings is 1. The molecule has 2 atom stereocenters. The normalized spacial score (nSPS) is 20.3. The van der Waals surface area contributed by atoms with Crippen LogP contribution in [0.5, 0.6) is 0 Å². The van der Waals surface area contributed by atoms with E-state index in [0.29, 0.717) is 56.8 Å². The Kier molecular flexibility index (Phi) is 5.75. The fourth-order valence-electron chi connectivity index (χ4n) is 5.65. The average Bonchev–Trinajstić information content (AvgIpc) is 3.23. The minimum atomic E-state index is -0.275. The summed E-state index contributed by atoms with van der Waals surface area (Å²) >= 11 is 6.44. The van der Waals surface area contributed by atoms with Crippen molar-refractivity contribution < 1.29 is 0 Å². The van der Waals surface area contributed by atoms with Crippen LogP contribution >= 0.6 is 11.6 Å². The van der Waals surface area contributed by atoms with Crippen molar-refractivity contribution in [1.29, 1.82) is 0 Å². The van der Waals surface area contributed by atoms with Crippen LogP contribution < -0.4 is 16.7 Å². The van der Waals surface area contributed by atoms with E-state index in [1.165, 1.54) is 10.1 Å². The monoisotopic (exact) mass is 540 g/mol. The number of tetrazole rings is 1. The molecule has 39 heavy (non-hydrogen) atoms. The van der Waals surface area contributed by atoms with Crippen molar-refractivity contribution in [2.45, 2.75) is 19.1 Å². The van der Waals surface area contributed by atoms with E-state index in [1.54, 1.807) is 18.3 Å². The number of fused-ring (bicyclic) bond motifs is 2. The van der Waals surface area contributed by atoms with E-state index in [-0.39, 0.29) is 12.1 Å². The molecule has 0 spiro atoms. The molecule has 2 aromatic carbocycles. The molecule has 0 amide bonds. The van der Waals surface area contributed by atoms with Crippen molar-refractivity contribution in [2.75, 3.05) is 24.2 Å². The lowest BCUT2D eigenvalue weighted by Gasteiger charge is -2.20. The number of anilines is 1. The Labute approximate surface area is 228 Å². The van der Waals surface area contributed by atoms with Gasteiger partial charge in [0.25, 0.3) is 5.56 Å². The maximum atomic E-state index is 13.8. The van der Waals surface area contributed by atoms with Crippen LogP contribution in [-0.2, 0) is 13.1 Å². The molecule has 5 aromatic rings. The summed E-state index contributed by atoms with van der Waals surface area (Å²) in [5, 5.41) is 15.9. The van der Waals surface area contributed by atoms with Gasteiger partial charge in [-0.05, 0) is 40.0 Å². The molecule has 2 aliphatic rings. The predicted octanol–water partition coefficient (Wildman–Crippen LogP) is 2.40. The molecule has 12 heteroatoms. The van der Waals surface area contributed by atoms with Gasteiger partial charge in [0, 0.05) is 53.4 Å². The highest BCUT2D eigenvalue weighted by Crippen LogP contribution is 2.47. The van der Waals surface area contributed by atoms with E-state index in [2.05, 4.69) is 55.0 Å². The Balaban J connectivity index is 1.18. The molecule has 7 rings (SSSR count). The zero-order valence-electron chi connectivity index (χ0n) is 20.9. The number of nitrogens with two attached hydrogens (primary N) is 1. The summed E-state index contributed by atoms with van der Waals surface area (Å²) < 4.78 is 1.52. The van der Waals surface area contributed by atoms with Crippen LogP contribution in [0.1, 0.15) is 11.4 Å². The minimum Gasteiger partial charge on any atom is -0.351 e. The summed E-state index contributed by atoms with van der Waals surface area (Å²) in [5.74, 6) is 7.78. The first kappa shape index (κ1) is 23.7. The lowest BCUT2D eigenvalue weighted by molar-refractivity contribution is 0.292. The summed E-state index contributed by atoms with van der Waals surface area (Å²) in [7, 11) is 0. The number of benzene rings is 2. The highest BCUT2D eigenvalue weighted by molar-refractivity contribution is 6.33. The van der Waals surface area contributed by atoms with E-state index in [1.807, 2.05) is 24.3 Å². The van der Waals surface area contributed by atoms with Crippen LogP contribution in [0, 0.1) is 11.8 Å². The number of likely N-dealkylation sites (tertiary alicyclic amines) is 1. The van der Waals surface area contributed by atoms with Gasteiger partial charge in [-0.1, -0.05) is 60.1 Å². The number of nitrogen functional groups attached to an aromatic ring is 1. The largest absolute Gasteiger partial charge is 0.351 e. The second-order valence-corrected chi connectivity index (χ2v) is 10.5. The van der Waals surface area contributed by atoms with Gasteiger partial charge in [0.2, 0.25) is 5.95 Å². The van der Waals surface area contributed by atoms with Crippen LogP contribution in [0.25, 0.3) is 22.2 Å². The molecule has 2 unspecified atom stereocenters. The van der Waals surface area contributed by atoms with Gasteiger partial charge in [-0.2, -0.15) is 4.98 Å². The molecule has 3 aromatic heterocycles. The Bertz CT molecular complexity index is 1720. The number of nitrogens with zero attached hydrogens (tertiary/aromatic N) is 8. The summed E-state index contributed by atoms with van der Waals surface area (Å²) in [4.78, 5) is 26.7. The highest BCUT2D eigenvalue weighted by atomic mass is 35.5. The van der Waals surface area contributed by atoms with Gasteiger partial charge in [-0.15, -0.1) is 9.89 Å². The van der Waals surface area contributed by atoms with Crippen molar-refractivity contribution in [2.24, 2.45) is 11.8 Å². The van der Waals surface area contributed by atoms with Gasteiger partial charge in [0.15, 0.2) is 5.82 Å². The van der Waals surface area contributed by atoms with Gasteiger partial charge in [-0.25, -0.2) is 4.98 Å². The minimum absolute atomic E-state index is 0.0384. The lowest BCUT2D eigenvalue weighted by atomic mass is 10.1. The first-order valence-electron chi connectivity index (χ1n) is 12.8. The van der Waals surface area contributed by atoms with Crippen LogP contribution in [0.3, 0.4) is 0 Å². The zero-order chi connectivity index (χ0) is 26.5. The lowest BCUT2D eigenvalue weighted by Crippen LogP contribution is -2.28. The zero-order valence-corrected chi connectivity index (χ0v) is 21.6. The number of hydrogen-bond donors (Lipinski definition) is 2. The van der Waals surface area contributed by atoms with Gasteiger partial charge >= 0.3 is 0 Å². The van der Waals surface area contributed by atoms with Crippen molar-refractivity contribution in [3.8, 4) is 11.1 Å². The van der Waals surface area contributed by atoms with Crippen LogP contribution in [0.15, 0.2) is 71.7 Å².